The summed E-state index contributed by atoms with van der Waals surface area (Å²) in [6, 6.07) is 30.5. The summed E-state index contributed by atoms with van der Waals surface area (Å²) < 4.78 is 17.5. The van der Waals surface area contributed by atoms with Gasteiger partial charge in [0, 0.05) is 57.1 Å². The van der Waals surface area contributed by atoms with Gasteiger partial charge in [0.25, 0.3) is 0 Å². The van der Waals surface area contributed by atoms with Gasteiger partial charge in [0.1, 0.15) is 5.82 Å². The molecule has 5 rings (SSSR count). The maximum Gasteiger partial charge on any atom is 0.238 e. The van der Waals surface area contributed by atoms with Crippen LogP contribution in [0.1, 0.15) is 17.5 Å². The molecule has 216 valence electrons. The molecule has 1 heterocycles. The molecule has 1 aliphatic rings. The first-order chi connectivity index (χ1) is 20.4. The third-order valence-electron chi connectivity index (χ3n) is 6.55. The van der Waals surface area contributed by atoms with Gasteiger partial charge >= 0.3 is 0 Å². The summed E-state index contributed by atoms with van der Waals surface area (Å²) in [6.45, 7) is 1.76. The maximum absolute atomic E-state index is 14.6. The molecule has 4 aromatic carbocycles. The van der Waals surface area contributed by atoms with Crippen molar-refractivity contribution in [1.82, 2.24) is 9.62 Å². The largest absolute Gasteiger partial charge is 0.324 e. The van der Waals surface area contributed by atoms with Gasteiger partial charge in [-0.1, -0.05) is 60.1 Å². The SMILES string of the molecule is O=C(CC1Sc2ccccc2NC1=O)NSc1ccc(CN(CCSc2ccccc2)Cc2c(F)cccc2Cl)cc1. The van der Waals surface area contributed by atoms with Crippen molar-refractivity contribution in [2.45, 2.75) is 39.4 Å². The molecule has 5 nitrogen and oxygen atoms in total. The minimum absolute atomic E-state index is 0.0878. The van der Waals surface area contributed by atoms with Crippen molar-refractivity contribution in [2.24, 2.45) is 0 Å². The summed E-state index contributed by atoms with van der Waals surface area (Å²) in [5, 5.41) is 2.82. The quantitative estimate of drug-likeness (QED) is 0.122. The number of anilines is 1. The highest BCUT2D eigenvalue weighted by molar-refractivity contribution is 8.01. The summed E-state index contributed by atoms with van der Waals surface area (Å²) in [7, 11) is 0. The van der Waals surface area contributed by atoms with Crippen LogP contribution in [-0.4, -0.2) is 34.3 Å². The van der Waals surface area contributed by atoms with Gasteiger partial charge < -0.3 is 5.32 Å². The zero-order chi connectivity index (χ0) is 29.3. The van der Waals surface area contributed by atoms with E-state index >= 15 is 0 Å². The topological polar surface area (TPSA) is 61.4 Å². The molecule has 2 N–H and O–H groups in total. The van der Waals surface area contributed by atoms with E-state index in [0.717, 1.165) is 33.3 Å². The molecular weight excluding hydrogens is 609 g/mol. The van der Waals surface area contributed by atoms with Crippen LogP contribution >= 0.6 is 47.1 Å². The molecule has 0 spiro atoms. The van der Waals surface area contributed by atoms with Crippen LogP contribution in [0.3, 0.4) is 0 Å². The Morgan fingerprint density at radius 3 is 2.48 bits per heavy atom. The van der Waals surface area contributed by atoms with Crippen LogP contribution in [0.5, 0.6) is 0 Å². The average molecular weight is 638 g/mol. The lowest BCUT2D eigenvalue weighted by Gasteiger charge is -2.23. The lowest BCUT2D eigenvalue weighted by Crippen LogP contribution is -2.33. The lowest BCUT2D eigenvalue weighted by molar-refractivity contribution is -0.122. The second-order valence-electron chi connectivity index (χ2n) is 9.64. The monoisotopic (exact) mass is 637 g/mol. The molecule has 0 bridgehead atoms. The first-order valence-corrected chi connectivity index (χ1v) is 16.4. The number of carbonyl (C=O) groups excluding carboxylic acids is 2. The average Bonchev–Trinajstić information content (AvgIpc) is 2.99. The van der Waals surface area contributed by atoms with Gasteiger partial charge in [-0.25, -0.2) is 4.39 Å². The van der Waals surface area contributed by atoms with Crippen LogP contribution in [0, 0.1) is 5.82 Å². The predicted molar refractivity (Wildman–Crippen MR) is 172 cm³/mol. The van der Waals surface area contributed by atoms with Gasteiger partial charge in [0.2, 0.25) is 11.8 Å². The first-order valence-electron chi connectivity index (χ1n) is 13.4. The number of nitrogens with one attached hydrogen (secondary N) is 2. The Kier molecular flexibility index (Phi) is 10.9. The Balaban J connectivity index is 1.15. The van der Waals surface area contributed by atoms with E-state index in [9.17, 15) is 14.0 Å². The van der Waals surface area contributed by atoms with Gasteiger partial charge in [0.15, 0.2) is 0 Å². The highest BCUT2D eigenvalue weighted by atomic mass is 35.5. The third-order valence-corrected chi connectivity index (χ3v) is 10.0. The van der Waals surface area contributed by atoms with Crippen molar-refractivity contribution in [3.8, 4) is 0 Å². The van der Waals surface area contributed by atoms with Crippen LogP contribution in [-0.2, 0) is 22.7 Å². The number of nitrogens with zero attached hydrogens (tertiary/aromatic N) is 1. The predicted octanol–water partition coefficient (Wildman–Crippen LogP) is 7.90. The van der Waals surface area contributed by atoms with Gasteiger partial charge in [0.05, 0.1) is 10.9 Å². The Morgan fingerprint density at radius 2 is 1.69 bits per heavy atom. The minimum Gasteiger partial charge on any atom is -0.324 e. The second kappa shape index (κ2) is 15.0. The maximum atomic E-state index is 14.6. The second-order valence-corrected chi connectivity index (χ2v) is 13.3. The van der Waals surface area contributed by atoms with Crippen LogP contribution in [0.2, 0.25) is 5.02 Å². The Bertz CT molecular complexity index is 1510. The van der Waals surface area contributed by atoms with Crippen LogP contribution in [0.25, 0.3) is 0 Å². The van der Waals surface area contributed by atoms with Gasteiger partial charge in [-0.15, -0.1) is 23.5 Å². The molecule has 1 unspecified atom stereocenters. The summed E-state index contributed by atoms with van der Waals surface area (Å²) in [6.07, 6.45) is 0.0878. The van der Waals surface area contributed by atoms with E-state index in [4.69, 9.17) is 11.6 Å². The van der Waals surface area contributed by atoms with Crippen molar-refractivity contribution < 1.29 is 14.0 Å². The van der Waals surface area contributed by atoms with Crippen molar-refractivity contribution in [1.29, 1.82) is 0 Å². The number of rotatable bonds is 12. The number of para-hydroxylation sites is 1. The third kappa shape index (κ3) is 8.55. The highest BCUT2D eigenvalue weighted by Gasteiger charge is 2.28. The molecule has 1 aliphatic heterocycles. The van der Waals surface area contributed by atoms with Gasteiger partial charge in [-0.3, -0.25) is 19.2 Å². The molecule has 0 fully saturated rings. The number of benzene rings is 4. The van der Waals surface area contributed by atoms with E-state index < -0.39 is 5.25 Å². The normalized spacial score (nSPS) is 14.4. The van der Waals surface area contributed by atoms with E-state index in [1.165, 1.54) is 34.7 Å². The van der Waals surface area contributed by atoms with Crippen LogP contribution < -0.4 is 10.0 Å². The zero-order valence-electron chi connectivity index (χ0n) is 22.6. The molecule has 1 atom stereocenters. The lowest BCUT2D eigenvalue weighted by atomic mass is 10.1. The van der Waals surface area contributed by atoms with Crippen molar-refractivity contribution in [2.75, 3.05) is 17.6 Å². The molecule has 0 saturated carbocycles. The zero-order valence-corrected chi connectivity index (χ0v) is 25.8. The molecular formula is C32H29ClFN3O2S3. The Morgan fingerprint density at radius 1 is 0.929 bits per heavy atom. The summed E-state index contributed by atoms with van der Waals surface area (Å²) >= 11 is 10.7. The van der Waals surface area contributed by atoms with Crippen LogP contribution in [0.4, 0.5) is 10.1 Å². The van der Waals surface area contributed by atoms with E-state index in [1.807, 2.05) is 66.7 Å². The molecule has 0 aromatic heterocycles. The molecule has 4 aromatic rings. The number of fused-ring (bicyclic) bond motifs is 1. The molecule has 0 radical (unpaired) electrons. The fraction of sp³-hybridized carbons (Fsp3) is 0.188. The Hall–Kier alpha value is -2.95. The molecule has 10 heteroatoms. The summed E-state index contributed by atoms with van der Waals surface area (Å²) in [5.41, 5.74) is 2.34. The standard InChI is InChI=1S/C32H29ClFN3O2S3/c33-26-9-6-10-27(34)25(26)21-37(17-18-40-23-7-2-1-3-8-23)20-22-13-15-24(16-14-22)42-36-31(38)19-30-32(39)35-28-11-4-5-12-29(28)41-30/h1-16,30H,17-21H2,(H,35,39)(H,36,38). The fourth-order valence-electron chi connectivity index (χ4n) is 4.40. The number of thioether (sulfide) groups is 2. The number of hydrogen-bond acceptors (Lipinski definition) is 6. The summed E-state index contributed by atoms with van der Waals surface area (Å²) in [5.74, 6) is 0.171. The van der Waals surface area contributed by atoms with E-state index in [1.54, 1.807) is 23.9 Å². The number of hydrogen-bond donors (Lipinski definition) is 2. The summed E-state index contributed by atoms with van der Waals surface area (Å²) in [4.78, 5) is 30.3. The highest BCUT2D eigenvalue weighted by Crippen LogP contribution is 2.36. The Labute approximate surface area is 263 Å². The molecule has 0 aliphatic carbocycles. The first kappa shape index (κ1) is 30.5. The number of carbonyl (C=O) groups is 2. The number of halogens is 2. The van der Waals surface area contributed by atoms with Crippen LogP contribution in [0.15, 0.2) is 112 Å². The molecule has 42 heavy (non-hydrogen) atoms. The van der Waals surface area contributed by atoms with Crippen molar-refractivity contribution >= 4 is 64.6 Å². The van der Waals surface area contributed by atoms with E-state index in [-0.39, 0.29) is 24.1 Å². The van der Waals surface area contributed by atoms with Gasteiger partial charge in [-0.05, 0) is 66.0 Å². The fourth-order valence-corrected chi connectivity index (χ4v) is 7.26. The van der Waals surface area contributed by atoms with E-state index in [0.29, 0.717) is 23.7 Å². The molecule has 2 amide bonds. The number of amides is 2. The van der Waals surface area contributed by atoms with Gasteiger partial charge in [-0.2, -0.15) is 0 Å². The minimum atomic E-state index is -0.475. The molecule has 0 saturated heterocycles. The van der Waals surface area contributed by atoms with E-state index in [2.05, 4.69) is 27.1 Å². The van der Waals surface area contributed by atoms with Crippen molar-refractivity contribution in [3.63, 3.8) is 0 Å². The van der Waals surface area contributed by atoms with Crippen molar-refractivity contribution in [3.05, 3.63) is 119 Å². The smallest absolute Gasteiger partial charge is 0.238 e.